The van der Waals surface area contributed by atoms with Gasteiger partial charge in [0.1, 0.15) is 5.70 Å². The van der Waals surface area contributed by atoms with Crippen molar-refractivity contribution in [2.24, 2.45) is 11.8 Å². The Kier molecular flexibility index (Phi) is 6.41. The number of nitrogens with zero attached hydrogens (tertiary/aromatic N) is 1. The van der Waals surface area contributed by atoms with Crippen molar-refractivity contribution in [2.75, 3.05) is 19.9 Å². The zero-order chi connectivity index (χ0) is 24.9. The summed E-state index contributed by atoms with van der Waals surface area (Å²) in [6.07, 6.45) is 0.390. The van der Waals surface area contributed by atoms with Gasteiger partial charge in [0.25, 0.3) is 0 Å². The Morgan fingerprint density at radius 2 is 2.09 bits per heavy atom. The number of carbonyl (C=O) groups excluding carboxylic acids is 2. The number of carboxylic acid groups (broad SMARTS) is 1. The maximum atomic E-state index is 12.7. The third-order valence-electron chi connectivity index (χ3n) is 7.16. The lowest BCUT2D eigenvalue weighted by molar-refractivity contribution is -0.163. The molecule has 0 radical (unpaired) electrons. The van der Waals surface area contributed by atoms with Crippen molar-refractivity contribution in [3.8, 4) is 11.5 Å². The van der Waals surface area contributed by atoms with Gasteiger partial charge in [-0.3, -0.25) is 9.59 Å². The Morgan fingerprint density at radius 1 is 1.31 bits per heavy atom. The predicted molar refractivity (Wildman–Crippen MR) is 127 cm³/mol. The number of hydrogen-bond donors (Lipinski definition) is 4. The quantitative estimate of drug-likeness (QED) is 0.378. The number of ether oxygens (including phenoxy) is 2. The molecule has 0 aromatic heterocycles. The number of carboxylic acids is 1. The first kappa shape index (κ1) is 24.0. The molecule has 6 atom stereocenters. The van der Waals surface area contributed by atoms with E-state index in [0.717, 1.165) is 11.3 Å². The highest BCUT2D eigenvalue weighted by molar-refractivity contribution is 8.03. The molecule has 1 aromatic rings. The van der Waals surface area contributed by atoms with Crippen LogP contribution in [0, 0.1) is 11.8 Å². The molecule has 0 saturated carbocycles. The summed E-state index contributed by atoms with van der Waals surface area (Å²) in [4.78, 5) is 39.2. The van der Waals surface area contributed by atoms with Crippen LogP contribution in [0.2, 0.25) is 0 Å². The van der Waals surface area contributed by atoms with Gasteiger partial charge < -0.3 is 35.2 Å². The standard InChI is InChI=1S/C24H29N3O7S/c1-11-19-18(12(2)28)23(30)27(19)20(24(31)32)21(11)35-14-8-15(26-9-14)22(29)25-6-5-13-3-4-16-17(7-13)34-10-33-16/h3-4,7,11-12,14-15,18-19,26,28H,5-6,8-10H2,1-2H3,(H,25,29)(H,31,32)/t11-,12?,14?,15?,18-,19?/m1/s1. The number of hydrogen-bond acceptors (Lipinski definition) is 8. The minimum atomic E-state index is -1.14. The van der Waals surface area contributed by atoms with Crippen LogP contribution in [0.4, 0.5) is 0 Å². The van der Waals surface area contributed by atoms with Crippen LogP contribution in [0.5, 0.6) is 11.5 Å². The van der Waals surface area contributed by atoms with Crippen molar-refractivity contribution in [2.45, 2.75) is 50.1 Å². The van der Waals surface area contributed by atoms with Gasteiger partial charge in [-0.15, -0.1) is 11.8 Å². The van der Waals surface area contributed by atoms with Crippen LogP contribution in [-0.2, 0) is 20.8 Å². The second kappa shape index (κ2) is 9.36. The maximum absolute atomic E-state index is 12.7. The number of aliphatic hydroxyl groups is 1. The summed E-state index contributed by atoms with van der Waals surface area (Å²) in [5, 5.41) is 26.0. The molecule has 4 aliphatic rings. The van der Waals surface area contributed by atoms with Crippen LogP contribution in [0.15, 0.2) is 28.8 Å². The number of thioether (sulfide) groups is 1. The van der Waals surface area contributed by atoms with Gasteiger partial charge in [-0.05, 0) is 37.5 Å². The second-order valence-electron chi connectivity index (χ2n) is 9.44. The first-order valence-electron chi connectivity index (χ1n) is 11.8. The van der Waals surface area contributed by atoms with Gasteiger partial charge in [-0.2, -0.15) is 0 Å². The molecule has 2 fully saturated rings. The number of amides is 2. The van der Waals surface area contributed by atoms with E-state index in [1.165, 1.54) is 16.7 Å². The highest BCUT2D eigenvalue weighted by atomic mass is 32.2. The molecular weight excluding hydrogens is 474 g/mol. The van der Waals surface area contributed by atoms with Crippen molar-refractivity contribution < 1.29 is 34.1 Å². The zero-order valence-electron chi connectivity index (χ0n) is 19.5. The number of rotatable bonds is 8. The minimum Gasteiger partial charge on any atom is -0.477 e. The number of β-lactam (4-membered cyclic amide) rings is 1. The van der Waals surface area contributed by atoms with E-state index >= 15 is 0 Å². The maximum Gasteiger partial charge on any atom is 0.353 e. The van der Waals surface area contributed by atoms with Crippen molar-refractivity contribution >= 4 is 29.5 Å². The molecule has 1 aromatic carbocycles. The Hall–Kier alpha value is -2.76. The molecule has 35 heavy (non-hydrogen) atoms. The number of nitrogens with one attached hydrogen (secondary N) is 2. The summed E-state index contributed by atoms with van der Waals surface area (Å²) < 4.78 is 10.7. The third kappa shape index (κ3) is 4.25. The van der Waals surface area contributed by atoms with Crippen LogP contribution in [0.25, 0.3) is 0 Å². The summed E-state index contributed by atoms with van der Waals surface area (Å²) in [6, 6.07) is 5.04. The number of benzene rings is 1. The fourth-order valence-electron chi connectivity index (χ4n) is 5.40. The van der Waals surface area contributed by atoms with E-state index in [2.05, 4.69) is 10.6 Å². The molecule has 5 rings (SSSR count). The molecule has 2 saturated heterocycles. The molecular formula is C24H29N3O7S. The minimum absolute atomic E-state index is 0.00483. The van der Waals surface area contributed by atoms with Gasteiger partial charge in [-0.25, -0.2) is 4.79 Å². The smallest absolute Gasteiger partial charge is 0.353 e. The highest BCUT2D eigenvalue weighted by Crippen LogP contribution is 2.51. The van der Waals surface area contributed by atoms with E-state index in [4.69, 9.17) is 9.47 Å². The topological polar surface area (TPSA) is 137 Å². The van der Waals surface area contributed by atoms with Crippen LogP contribution in [-0.4, -0.2) is 76.2 Å². The lowest BCUT2D eigenvalue weighted by Gasteiger charge is -2.46. The Balaban J connectivity index is 1.16. The first-order valence-corrected chi connectivity index (χ1v) is 12.7. The van der Waals surface area contributed by atoms with Gasteiger partial charge in [-0.1, -0.05) is 13.0 Å². The summed E-state index contributed by atoms with van der Waals surface area (Å²) in [7, 11) is 0. The summed E-state index contributed by atoms with van der Waals surface area (Å²) in [5.41, 5.74) is 1.06. The van der Waals surface area contributed by atoms with Crippen LogP contribution >= 0.6 is 11.8 Å². The predicted octanol–water partition coefficient (Wildman–Crippen LogP) is 0.691. The summed E-state index contributed by atoms with van der Waals surface area (Å²) in [6.45, 7) is 4.74. The average Bonchev–Trinajstić information content (AvgIpc) is 3.52. The van der Waals surface area contributed by atoms with E-state index in [1.807, 2.05) is 25.1 Å². The molecule has 10 nitrogen and oxygen atoms in total. The van der Waals surface area contributed by atoms with Crippen molar-refractivity contribution in [3.05, 3.63) is 34.4 Å². The molecule has 0 spiro atoms. The Bertz CT molecular complexity index is 1090. The van der Waals surface area contributed by atoms with E-state index in [-0.39, 0.29) is 47.6 Å². The molecule has 0 aliphatic carbocycles. The van der Waals surface area contributed by atoms with Crippen molar-refractivity contribution in [1.82, 2.24) is 15.5 Å². The van der Waals surface area contributed by atoms with E-state index < -0.39 is 18.0 Å². The molecule has 4 unspecified atom stereocenters. The average molecular weight is 504 g/mol. The lowest BCUT2D eigenvalue weighted by atomic mass is 9.79. The monoisotopic (exact) mass is 503 g/mol. The zero-order valence-corrected chi connectivity index (χ0v) is 20.3. The molecule has 2 amide bonds. The SMILES string of the molecule is CC(O)[C@H]1C(=O)N2C(C(=O)O)=C(SC3CNC(C(=O)NCCc4ccc5c(c4)OCO5)C3)[C@H](C)C12. The Labute approximate surface area is 207 Å². The molecule has 0 bridgehead atoms. The van der Waals surface area contributed by atoms with Crippen LogP contribution in [0.1, 0.15) is 25.8 Å². The molecule has 188 valence electrons. The lowest BCUT2D eigenvalue weighted by Crippen LogP contribution is -2.63. The summed E-state index contributed by atoms with van der Waals surface area (Å²) >= 11 is 1.43. The Morgan fingerprint density at radius 3 is 2.83 bits per heavy atom. The fourth-order valence-corrected chi connectivity index (χ4v) is 6.88. The molecule has 4 N–H and O–H groups in total. The second-order valence-corrected chi connectivity index (χ2v) is 10.8. The first-order chi connectivity index (χ1) is 16.8. The van der Waals surface area contributed by atoms with Gasteiger partial charge in [0, 0.05) is 29.2 Å². The molecule has 4 heterocycles. The highest BCUT2D eigenvalue weighted by Gasteiger charge is 2.60. The van der Waals surface area contributed by atoms with Crippen molar-refractivity contribution in [1.29, 1.82) is 0 Å². The van der Waals surface area contributed by atoms with E-state index in [9.17, 15) is 24.6 Å². The largest absolute Gasteiger partial charge is 0.477 e. The van der Waals surface area contributed by atoms with Crippen LogP contribution in [0.3, 0.4) is 0 Å². The van der Waals surface area contributed by atoms with E-state index in [0.29, 0.717) is 36.6 Å². The number of aliphatic hydroxyl groups excluding tert-OH is 1. The number of aliphatic carboxylic acids is 1. The van der Waals surface area contributed by atoms with Gasteiger partial charge in [0.05, 0.1) is 24.1 Å². The normalized spacial score (nSPS) is 29.7. The number of fused-ring (bicyclic) bond motifs is 2. The molecule has 4 aliphatic heterocycles. The number of carbonyl (C=O) groups is 3. The van der Waals surface area contributed by atoms with Gasteiger partial charge >= 0.3 is 5.97 Å². The molecule has 11 heteroatoms. The van der Waals surface area contributed by atoms with E-state index in [1.54, 1.807) is 6.92 Å². The van der Waals surface area contributed by atoms with Crippen molar-refractivity contribution in [3.63, 3.8) is 0 Å². The third-order valence-corrected chi connectivity index (χ3v) is 8.67. The fraction of sp³-hybridized carbons (Fsp3) is 0.542. The van der Waals surface area contributed by atoms with Gasteiger partial charge in [0.15, 0.2) is 11.5 Å². The van der Waals surface area contributed by atoms with Crippen LogP contribution < -0.4 is 20.1 Å². The summed E-state index contributed by atoms with van der Waals surface area (Å²) in [5.74, 6) is -0.884. The van der Waals surface area contributed by atoms with Gasteiger partial charge in [0.2, 0.25) is 18.6 Å².